The Morgan fingerprint density at radius 2 is 1.56 bits per heavy atom. The first kappa shape index (κ1) is 18.9. The van der Waals surface area contributed by atoms with Gasteiger partial charge in [0.15, 0.2) is 5.60 Å². The standard InChI is InChI=1S/C8H11NO8.Cu/c9-3-6(13)17-5(12)2-8(16,7(14)15)1-4(10)11;/h16H,1-3,9H2,(H,10,11)(H,14,15);. The van der Waals surface area contributed by atoms with Gasteiger partial charge < -0.3 is 25.8 Å². The van der Waals surface area contributed by atoms with Crippen molar-refractivity contribution in [3.05, 3.63) is 0 Å². The fourth-order valence-corrected chi connectivity index (χ4v) is 0.907. The summed E-state index contributed by atoms with van der Waals surface area (Å²) < 4.78 is 4.01. The summed E-state index contributed by atoms with van der Waals surface area (Å²) in [6, 6.07) is 0. The third kappa shape index (κ3) is 6.30. The van der Waals surface area contributed by atoms with Crippen molar-refractivity contribution in [3.63, 3.8) is 0 Å². The molecular weight excluding hydrogens is 302 g/mol. The number of aliphatic hydroxyl groups is 1. The van der Waals surface area contributed by atoms with Crippen LogP contribution in [-0.4, -0.2) is 51.3 Å². The van der Waals surface area contributed by atoms with Gasteiger partial charge >= 0.3 is 23.9 Å². The molecule has 5 N–H and O–H groups in total. The van der Waals surface area contributed by atoms with Gasteiger partial charge in [-0.05, 0) is 0 Å². The second kappa shape index (κ2) is 7.77. The molecule has 107 valence electrons. The summed E-state index contributed by atoms with van der Waals surface area (Å²) in [7, 11) is 0. The van der Waals surface area contributed by atoms with E-state index in [9.17, 15) is 24.3 Å². The van der Waals surface area contributed by atoms with Crippen molar-refractivity contribution in [3.8, 4) is 0 Å². The van der Waals surface area contributed by atoms with Crippen molar-refractivity contribution in [2.75, 3.05) is 6.54 Å². The number of carbonyl (C=O) groups excluding carboxylic acids is 2. The minimum atomic E-state index is -2.82. The van der Waals surface area contributed by atoms with Crippen LogP contribution in [0.2, 0.25) is 0 Å². The Morgan fingerprint density at radius 3 is 1.89 bits per heavy atom. The van der Waals surface area contributed by atoms with E-state index in [0.29, 0.717) is 0 Å². The van der Waals surface area contributed by atoms with Gasteiger partial charge in [-0.1, -0.05) is 0 Å². The van der Waals surface area contributed by atoms with Gasteiger partial charge in [-0.25, -0.2) is 4.79 Å². The van der Waals surface area contributed by atoms with Gasteiger partial charge in [0.05, 0.1) is 19.4 Å². The molecule has 0 saturated heterocycles. The number of carbonyl (C=O) groups is 4. The molecule has 0 aliphatic rings. The predicted molar refractivity (Wildman–Crippen MR) is 49.6 cm³/mol. The quantitative estimate of drug-likeness (QED) is 0.239. The third-order valence-corrected chi connectivity index (χ3v) is 1.67. The van der Waals surface area contributed by atoms with Gasteiger partial charge in [0, 0.05) is 17.1 Å². The van der Waals surface area contributed by atoms with Gasteiger partial charge in [-0.3, -0.25) is 14.4 Å². The second-order valence-corrected chi connectivity index (χ2v) is 3.13. The van der Waals surface area contributed by atoms with Crippen LogP contribution in [0.3, 0.4) is 0 Å². The van der Waals surface area contributed by atoms with Gasteiger partial charge in [0.1, 0.15) is 0 Å². The Kier molecular flexibility index (Phi) is 8.15. The van der Waals surface area contributed by atoms with E-state index in [1.165, 1.54) is 0 Å². The average molecular weight is 313 g/mol. The maximum Gasteiger partial charge on any atom is 0.336 e. The fourth-order valence-electron chi connectivity index (χ4n) is 0.907. The number of hydrogen-bond acceptors (Lipinski definition) is 7. The Balaban J connectivity index is 0. The van der Waals surface area contributed by atoms with Crippen LogP contribution >= 0.6 is 0 Å². The number of rotatable bonds is 6. The summed E-state index contributed by atoms with van der Waals surface area (Å²) in [4.78, 5) is 42.5. The topological polar surface area (TPSA) is 164 Å². The number of hydrogen-bond donors (Lipinski definition) is 4. The predicted octanol–water partition coefficient (Wildman–Crippen LogP) is -2.31. The molecule has 10 heteroatoms. The minimum Gasteiger partial charge on any atom is -0.481 e. The Hall–Kier alpha value is -1.48. The van der Waals surface area contributed by atoms with Crippen molar-refractivity contribution >= 4 is 23.9 Å². The molecule has 0 aliphatic carbocycles. The van der Waals surface area contributed by atoms with Crippen molar-refractivity contribution < 1.29 is 56.3 Å². The molecule has 1 atom stereocenters. The van der Waals surface area contributed by atoms with Crippen molar-refractivity contribution in [1.29, 1.82) is 0 Å². The van der Waals surface area contributed by atoms with Gasteiger partial charge in [0.25, 0.3) is 0 Å². The molecule has 1 unspecified atom stereocenters. The molecule has 0 aromatic heterocycles. The van der Waals surface area contributed by atoms with E-state index in [4.69, 9.17) is 15.9 Å². The third-order valence-electron chi connectivity index (χ3n) is 1.67. The molecule has 0 rings (SSSR count). The summed E-state index contributed by atoms with van der Waals surface area (Å²) in [5.41, 5.74) is 2.00. The molecule has 0 saturated carbocycles. The molecule has 0 bridgehead atoms. The van der Waals surface area contributed by atoms with Crippen LogP contribution in [0.4, 0.5) is 0 Å². The first-order valence-electron chi connectivity index (χ1n) is 4.32. The van der Waals surface area contributed by atoms with E-state index < -0.39 is 48.9 Å². The molecule has 0 fully saturated rings. The zero-order valence-electron chi connectivity index (χ0n) is 8.88. The van der Waals surface area contributed by atoms with Crippen LogP contribution in [0, 0.1) is 0 Å². The number of ether oxygens (including phenoxy) is 1. The summed E-state index contributed by atoms with van der Waals surface area (Å²) >= 11 is 0. The van der Waals surface area contributed by atoms with E-state index in [0.717, 1.165) is 0 Å². The number of nitrogens with two attached hydrogens (primary N) is 1. The summed E-state index contributed by atoms with van der Waals surface area (Å²) in [5, 5.41) is 26.4. The van der Waals surface area contributed by atoms with Crippen LogP contribution in [0.1, 0.15) is 12.8 Å². The Morgan fingerprint density at radius 1 is 1.06 bits per heavy atom. The van der Waals surface area contributed by atoms with E-state index in [2.05, 4.69) is 4.74 Å². The van der Waals surface area contributed by atoms with E-state index in [1.807, 2.05) is 0 Å². The largest absolute Gasteiger partial charge is 0.481 e. The van der Waals surface area contributed by atoms with Crippen molar-refractivity contribution in [1.82, 2.24) is 0 Å². The minimum absolute atomic E-state index is 0. The van der Waals surface area contributed by atoms with Crippen molar-refractivity contribution in [2.24, 2.45) is 5.73 Å². The Bertz CT molecular complexity index is 357. The number of esters is 2. The van der Waals surface area contributed by atoms with E-state index >= 15 is 0 Å². The summed E-state index contributed by atoms with van der Waals surface area (Å²) in [5.74, 6) is -6.01. The maximum atomic E-state index is 11.0. The van der Waals surface area contributed by atoms with Gasteiger partial charge in [0.2, 0.25) is 0 Å². The van der Waals surface area contributed by atoms with Crippen LogP contribution in [0.15, 0.2) is 0 Å². The fraction of sp³-hybridized carbons (Fsp3) is 0.500. The molecule has 18 heavy (non-hydrogen) atoms. The zero-order valence-corrected chi connectivity index (χ0v) is 9.82. The SMILES string of the molecule is NCC(=O)OC(=O)CC(O)(CC(=O)O)C(=O)O.[Cu]. The van der Waals surface area contributed by atoms with Gasteiger partial charge in [-0.2, -0.15) is 0 Å². The normalized spacial score (nSPS) is 12.8. The first-order chi connectivity index (χ1) is 7.71. The number of carboxylic acid groups (broad SMARTS) is 2. The van der Waals surface area contributed by atoms with E-state index in [1.54, 1.807) is 0 Å². The molecule has 0 spiro atoms. The number of carboxylic acids is 2. The molecule has 0 amide bonds. The maximum absolute atomic E-state index is 11.0. The van der Waals surface area contributed by atoms with Crippen LogP contribution < -0.4 is 5.73 Å². The summed E-state index contributed by atoms with van der Waals surface area (Å²) in [6.45, 7) is -0.601. The molecule has 1 radical (unpaired) electrons. The average Bonchev–Trinajstić information content (AvgIpc) is 2.15. The molecule has 0 aliphatic heterocycles. The van der Waals surface area contributed by atoms with Crippen LogP contribution in [-0.2, 0) is 41.0 Å². The molecular formula is C8H11CuNO8. The smallest absolute Gasteiger partial charge is 0.336 e. The van der Waals surface area contributed by atoms with Crippen LogP contribution in [0.5, 0.6) is 0 Å². The first-order valence-corrected chi connectivity index (χ1v) is 4.32. The van der Waals surface area contributed by atoms with Gasteiger partial charge in [-0.15, -0.1) is 0 Å². The molecule has 0 heterocycles. The Labute approximate surface area is 111 Å². The molecule has 0 aromatic carbocycles. The monoisotopic (exact) mass is 312 g/mol. The van der Waals surface area contributed by atoms with Crippen LogP contribution in [0.25, 0.3) is 0 Å². The molecule has 0 aromatic rings. The number of aliphatic carboxylic acids is 2. The van der Waals surface area contributed by atoms with Crippen molar-refractivity contribution in [2.45, 2.75) is 18.4 Å². The van der Waals surface area contributed by atoms with E-state index in [-0.39, 0.29) is 17.1 Å². The second-order valence-electron chi connectivity index (χ2n) is 3.13. The summed E-state index contributed by atoms with van der Waals surface area (Å²) in [6.07, 6.45) is -2.37. The molecule has 9 nitrogen and oxygen atoms in total. The zero-order chi connectivity index (χ0) is 13.6.